The van der Waals surface area contributed by atoms with E-state index in [0.29, 0.717) is 12.2 Å². The number of hydrogen-bond donors (Lipinski definition) is 3. The first-order chi connectivity index (χ1) is 10.5. The highest BCUT2D eigenvalue weighted by Gasteiger charge is 2.24. The van der Waals surface area contributed by atoms with E-state index >= 15 is 0 Å². The fourth-order valence-electron chi connectivity index (χ4n) is 2.60. The van der Waals surface area contributed by atoms with E-state index in [1.807, 2.05) is 13.8 Å². The molecule has 1 aromatic rings. The molecule has 122 valence electrons. The van der Waals surface area contributed by atoms with Gasteiger partial charge in [0.05, 0.1) is 18.0 Å². The molecule has 0 saturated heterocycles. The topological polar surface area (TPSA) is 96.2 Å². The molecule has 2 rings (SSSR count). The lowest BCUT2D eigenvalue weighted by Gasteiger charge is -2.27. The van der Waals surface area contributed by atoms with Crippen molar-refractivity contribution in [3.63, 3.8) is 0 Å². The Morgan fingerprint density at radius 2 is 2.09 bits per heavy atom. The summed E-state index contributed by atoms with van der Waals surface area (Å²) in [5.41, 5.74) is 0.492. The molecule has 1 heterocycles. The van der Waals surface area contributed by atoms with E-state index in [-0.39, 0.29) is 18.1 Å². The monoisotopic (exact) mass is 308 g/mol. The van der Waals surface area contributed by atoms with Gasteiger partial charge in [-0.2, -0.15) is 5.10 Å². The second-order valence-electron chi connectivity index (χ2n) is 6.08. The molecule has 1 fully saturated rings. The Morgan fingerprint density at radius 3 is 2.73 bits per heavy atom. The lowest BCUT2D eigenvalue weighted by Crippen LogP contribution is -2.41. The average Bonchev–Trinajstić information content (AvgIpc) is 2.94. The zero-order chi connectivity index (χ0) is 16.1. The summed E-state index contributed by atoms with van der Waals surface area (Å²) in [4.78, 5) is 23.6. The Bertz CT molecular complexity index is 527. The summed E-state index contributed by atoms with van der Waals surface area (Å²) in [6.45, 7) is 4.28. The summed E-state index contributed by atoms with van der Waals surface area (Å²) in [7, 11) is 0. The van der Waals surface area contributed by atoms with Gasteiger partial charge in [-0.25, -0.2) is 0 Å². The van der Waals surface area contributed by atoms with Crippen molar-refractivity contribution in [2.75, 3.05) is 11.9 Å². The Morgan fingerprint density at radius 1 is 1.36 bits per heavy atom. The summed E-state index contributed by atoms with van der Waals surface area (Å²) < 4.78 is 1.70. The van der Waals surface area contributed by atoms with Crippen molar-refractivity contribution >= 4 is 17.5 Å². The quantitative estimate of drug-likeness (QED) is 0.725. The largest absolute Gasteiger partial charge is 0.393 e. The van der Waals surface area contributed by atoms with E-state index < -0.39 is 11.8 Å². The third kappa shape index (κ3) is 4.30. The summed E-state index contributed by atoms with van der Waals surface area (Å²) in [5.74, 6) is -1.36. The van der Waals surface area contributed by atoms with Crippen LogP contribution in [0.4, 0.5) is 5.69 Å². The molecule has 22 heavy (non-hydrogen) atoms. The van der Waals surface area contributed by atoms with Gasteiger partial charge >= 0.3 is 11.8 Å². The molecule has 3 N–H and O–H groups in total. The van der Waals surface area contributed by atoms with Crippen LogP contribution >= 0.6 is 0 Å². The van der Waals surface area contributed by atoms with Crippen LogP contribution in [-0.4, -0.2) is 39.4 Å². The zero-order valence-corrected chi connectivity index (χ0v) is 13.1. The molecule has 2 amide bonds. The Hall–Kier alpha value is -1.89. The second kappa shape index (κ2) is 7.40. The highest BCUT2D eigenvalue weighted by atomic mass is 16.3. The Labute approximate surface area is 130 Å². The molecule has 0 radical (unpaired) electrons. The van der Waals surface area contributed by atoms with E-state index in [0.717, 1.165) is 25.7 Å². The predicted octanol–water partition coefficient (Wildman–Crippen LogP) is 1.07. The first kappa shape index (κ1) is 16.5. The third-order valence-electron chi connectivity index (χ3n) is 3.99. The van der Waals surface area contributed by atoms with Crippen molar-refractivity contribution < 1.29 is 14.7 Å². The summed E-state index contributed by atoms with van der Waals surface area (Å²) in [5, 5.41) is 19.1. The Kier molecular flexibility index (Phi) is 5.54. The van der Waals surface area contributed by atoms with Crippen LogP contribution in [0, 0.1) is 5.92 Å². The lowest BCUT2D eigenvalue weighted by atomic mass is 9.86. The lowest BCUT2D eigenvalue weighted by molar-refractivity contribution is -0.136. The number of nitrogens with zero attached hydrogens (tertiary/aromatic N) is 2. The smallest absolute Gasteiger partial charge is 0.313 e. The number of amides is 2. The van der Waals surface area contributed by atoms with Crippen molar-refractivity contribution in [1.82, 2.24) is 15.1 Å². The molecule has 2 atom stereocenters. The molecular weight excluding hydrogens is 284 g/mol. The van der Waals surface area contributed by atoms with Crippen LogP contribution in [-0.2, 0) is 9.59 Å². The number of carbonyl (C=O) groups excluding carboxylic acids is 2. The maximum Gasteiger partial charge on any atom is 0.313 e. The molecule has 0 aliphatic heterocycles. The van der Waals surface area contributed by atoms with Gasteiger partial charge in [0.1, 0.15) is 0 Å². The highest BCUT2D eigenvalue weighted by molar-refractivity contribution is 6.39. The number of rotatable bonds is 4. The zero-order valence-electron chi connectivity index (χ0n) is 13.1. The van der Waals surface area contributed by atoms with E-state index in [9.17, 15) is 14.7 Å². The first-order valence-electron chi connectivity index (χ1n) is 7.78. The molecule has 1 saturated carbocycles. The van der Waals surface area contributed by atoms with Gasteiger partial charge in [-0.3, -0.25) is 14.3 Å². The maximum atomic E-state index is 11.8. The number of nitrogens with one attached hydrogen (secondary N) is 2. The third-order valence-corrected chi connectivity index (χ3v) is 3.99. The minimum atomic E-state index is -0.714. The number of aromatic nitrogens is 2. The van der Waals surface area contributed by atoms with Gasteiger partial charge < -0.3 is 15.7 Å². The van der Waals surface area contributed by atoms with Gasteiger partial charge in [-0.1, -0.05) is 12.8 Å². The SMILES string of the molecule is CC(C)n1cc(NC(=O)C(=O)NCC2CCCCC2O)cn1. The van der Waals surface area contributed by atoms with Crippen LogP contribution < -0.4 is 10.6 Å². The van der Waals surface area contributed by atoms with Gasteiger partial charge in [0.2, 0.25) is 0 Å². The van der Waals surface area contributed by atoms with Crippen molar-refractivity contribution in [2.24, 2.45) is 5.92 Å². The summed E-state index contributed by atoms with van der Waals surface area (Å²) in [6, 6.07) is 0.187. The number of anilines is 1. The average molecular weight is 308 g/mol. The van der Waals surface area contributed by atoms with E-state index in [1.54, 1.807) is 10.9 Å². The van der Waals surface area contributed by atoms with Gasteiger partial charge in [0.25, 0.3) is 0 Å². The summed E-state index contributed by atoms with van der Waals surface area (Å²) in [6.07, 6.45) is 6.52. The van der Waals surface area contributed by atoms with Crippen LogP contribution in [0.15, 0.2) is 12.4 Å². The van der Waals surface area contributed by atoms with Gasteiger partial charge in [0.15, 0.2) is 0 Å². The number of hydrogen-bond acceptors (Lipinski definition) is 4. The second-order valence-corrected chi connectivity index (χ2v) is 6.08. The minimum absolute atomic E-state index is 0.0363. The molecular formula is C15H24N4O3. The van der Waals surface area contributed by atoms with Gasteiger partial charge in [0, 0.05) is 24.7 Å². The number of aliphatic hydroxyl groups excluding tert-OH is 1. The van der Waals surface area contributed by atoms with Crippen LogP contribution in [0.1, 0.15) is 45.6 Å². The molecule has 7 nitrogen and oxygen atoms in total. The number of carbonyl (C=O) groups is 2. The van der Waals surface area contributed by atoms with E-state index in [1.165, 1.54) is 6.20 Å². The minimum Gasteiger partial charge on any atom is -0.393 e. The van der Waals surface area contributed by atoms with Crippen LogP contribution in [0.2, 0.25) is 0 Å². The highest BCUT2D eigenvalue weighted by Crippen LogP contribution is 2.23. The maximum absolute atomic E-state index is 11.8. The van der Waals surface area contributed by atoms with Crippen molar-refractivity contribution in [3.05, 3.63) is 12.4 Å². The molecule has 0 bridgehead atoms. The Balaban J connectivity index is 1.80. The van der Waals surface area contributed by atoms with Crippen molar-refractivity contribution in [3.8, 4) is 0 Å². The standard InChI is InChI=1S/C15H24N4O3/c1-10(2)19-9-12(8-17-19)18-15(22)14(21)16-7-11-5-3-4-6-13(11)20/h8-11,13,20H,3-7H2,1-2H3,(H,16,21)(H,18,22). The van der Waals surface area contributed by atoms with Crippen LogP contribution in [0.25, 0.3) is 0 Å². The van der Waals surface area contributed by atoms with Crippen LogP contribution in [0.3, 0.4) is 0 Å². The molecule has 1 aromatic heterocycles. The van der Waals surface area contributed by atoms with E-state index in [2.05, 4.69) is 15.7 Å². The normalized spacial score (nSPS) is 21.6. The molecule has 0 spiro atoms. The molecule has 1 aliphatic carbocycles. The van der Waals surface area contributed by atoms with Crippen molar-refractivity contribution in [1.29, 1.82) is 0 Å². The molecule has 1 aliphatic rings. The molecule has 7 heteroatoms. The van der Waals surface area contributed by atoms with Gasteiger partial charge in [-0.15, -0.1) is 0 Å². The number of aliphatic hydroxyl groups is 1. The fourth-order valence-corrected chi connectivity index (χ4v) is 2.60. The van der Waals surface area contributed by atoms with E-state index in [4.69, 9.17) is 0 Å². The molecule has 0 aromatic carbocycles. The predicted molar refractivity (Wildman–Crippen MR) is 82.2 cm³/mol. The first-order valence-corrected chi connectivity index (χ1v) is 7.78. The fraction of sp³-hybridized carbons (Fsp3) is 0.667. The summed E-state index contributed by atoms with van der Waals surface area (Å²) >= 11 is 0. The van der Waals surface area contributed by atoms with Gasteiger partial charge in [-0.05, 0) is 26.7 Å². The van der Waals surface area contributed by atoms with Crippen molar-refractivity contribution in [2.45, 2.75) is 51.7 Å². The van der Waals surface area contributed by atoms with Crippen LogP contribution in [0.5, 0.6) is 0 Å². The molecule has 2 unspecified atom stereocenters.